The zero-order valence-corrected chi connectivity index (χ0v) is 10.1. The lowest BCUT2D eigenvalue weighted by Gasteiger charge is -1.90. The van der Waals surface area contributed by atoms with Crippen LogP contribution in [0, 0.1) is 6.92 Å². The summed E-state index contributed by atoms with van der Waals surface area (Å²) in [5.74, 6) is 1.18. The van der Waals surface area contributed by atoms with Crippen molar-refractivity contribution in [2.24, 2.45) is 0 Å². The summed E-state index contributed by atoms with van der Waals surface area (Å²) in [6, 6.07) is 0. The molecule has 1 aliphatic rings. The van der Waals surface area contributed by atoms with Gasteiger partial charge in [-0.2, -0.15) is 0 Å². The minimum atomic E-state index is 0.584. The van der Waals surface area contributed by atoms with Crippen LogP contribution in [-0.2, 0) is 0 Å². The van der Waals surface area contributed by atoms with E-state index in [4.69, 9.17) is 4.42 Å². The summed E-state index contributed by atoms with van der Waals surface area (Å²) >= 11 is 0. The molecule has 0 aromatic carbocycles. The summed E-state index contributed by atoms with van der Waals surface area (Å²) in [4.78, 5) is 0. The van der Waals surface area contributed by atoms with Gasteiger partial charge in [-0.05, 0) is 12.5 Å². The molecule has 0 fully saturated rings. The van der Waals surface area contributed by atoms with Crippen molar-refractivity contribution >= 4 is 5.57 Å². The Morgan fingerprint density at radius 2 is 2.00 bits per heavy atom. The van der Waals surface area contributed by atoms with E-state index in [9.17, 15) is 0 Å². The van der Waals surface area contributed by atoms with Crippen molar-refractivity contribution in [1.82, 2.24) is 10.2 Å². The Morgan fingerprint density at radius 1 is 1.25 bits per heavy atom. The summed E-state index contributed by atoms with van der Waals surface area (Å²) in [5, 5.41) is 7.72. The molecule has 0 saturated heterocycles. The van der Waals surface area contributed by atoms with Crippen LogP contribution in [0.2, 0.25) is 0 Å². The Hall–Kier alpha value is -1.64. The molecule has 0 amide bonds. The van der Waals surface area contributed by atoms with Crippen LogP contribution in [-0.4, -0.2) is 10.2 Å². The molecule has 86 valence electrons. The molecule has 1 aliphatic carbocycles. The highest BCUT2D eigenvalue weighted by Gasteiger charge is 2.05. The lowest BCUT2D eigenvalue weighted by Crippen LogP contribution is -1.79. The molecule has 3 heteroatoms. The van der Waals surface area contributed by atoms with E-state index in [0.717, 1.165) is 12.0 Å². The lowest BCUT2D eigenvalue weighted by molar-refractivity contribution is 0.507. The fourth-order valence-corrected chi connectivity index (χ4v) is 1.14. The molecule has 1 heterocycles. The molecular formula is C13H18N2O. The average Bonchev–Trinajstić information content (AvgIpc) is 2.55. The molecule has 1 aromatic heterocycles. The highest BCUT2D eigenvalue weighted by molar-refractivity contribution is 5.70. The smallest absolute Gasteiger partial charge is 0.247 e. The Morgan fingerprint density at radius 3 is 2.62 bits per heavy atom. The van der Waals surface area contributed by atoms with Crippen molar-refractivity contribution in [3.63, 3.8) is 0 Å². The third-order valence-electron chi connectivity index (χ3n) is 1.75. The molecule has 1 aromatic rings. The summed E-state index contributed by atoms with van der Waals surface area (Å²) in [5.41, 5.74) is 0.967. The number of aromatic nitrogens is 2. The van der Waals surface area contributed by atoms with Crippen molar-refractivity contribution in [3.8, 4) is 0 Å². The lowest BCUT2D eigenvalue weighted by atomic mass is 10.2. The van der Waals surface area contributed by atoms with Gasteiger partial charge in [0.15, 0.2) is 0 Å². The van der Waals surface area contributed by atoms with E-state index in [-0.39, 0.29) is 0 Å². The SMILES string of the molecule is CCC.Cc1nnc(C2=CC=CCC=C2)o1. The molecule has 0 saturated carbocycles. The van der Waals surface area contributed by atoms with Gasteiger partial charge in [-0.1, -0.05) is 44.6 Å². The average molecular weight is 218 g/mol. The topological polar surface area (TPSA) is 38.9 Å². The van der Waals surface area contributed by atoms with Gasteiger partial charge in [-0.25, -0.2) is 0 Å². The first-order valence-electron chi connectivity index (χ1n) is 5.61. The molecule has 0 N–H and O–H groups in total. The fourth-order valence-electron chi connectivity index (χ4n) is 1.14. The van der Waals surface area contributed by atoms with Gasteiger partial charge < -0.3 is 4.42 Å². The van der Waals surface area contributed by atoms with Crippen LogP contribution in [0.5, 0.6) is 0 Å². The molecular weight excluding hydrogens is 200 g/mol. The van der Waals surface area contributed by atoms with Crippen molar-refractivity contribution in [3.05, 3.63) is 42.2 Å². The minimum absolute atomic E-state index is 0.584. The van der Waals surface area contributed by atoms with Crippen molar-refractivity contribution in [2.75, 3.05) is 0 Å². The quantitative estimate of drug-likeness (QED) is 0.721. The van der Waals surface area contributed by atoms with Crippen LogP contribution in [0.1, 0.15) is 38.5 Å². The Bertz CT molecular complexity index is 400. The molecule has 0 bridgehead atoms. The number of nitrogens with zero attached hydrogens (tertiary/aromatic N) is 2. The second-order valence-electron chi connectivity index (χ2n) is 3.52. The zero-order chi connectivity index (χ0) is 11.8. The van der Waals surface area contributed by atoms with Crippen molar-refractivity contribution in [1.29, 1.82) is 0 Å². The van der Waals surface area contributed by atoms with Crippen molar-refractivity contribution < 1.29 is 4.42 Å². The molecule has 0 atom stereocenters. The van der Waals surface area contributed by atoms with E-state index < -0.39 is 0 Å². The van der Waals surface area contributed by atoms with Crippen LogP contribution in [0.4, 0.5) is 0 Å². The molecule has 0 aliphatic heterocycles. The second-order valence-corrected chi connectivity index (χ2v) is 3.52. The van der Waals surface area contributed by atoms with Crippen LogP contribution in [0.3, 0.4) is 0 Å². The maximum absolute atomic E-state index is 5.30. The molecule has 0 spiro atoms. The maximum Gasteiger partial charge on any atom is 0.247 e. The summed E-state index contributed by atoms with van der Waals surface area (Å²) in [6.45, 7) is 6.04. The van der Waals surface area contributed by atoms with E-state index in [0.29, 0.717) is 11.8 Å². The first kappa shape index (κ1) is 12.4. The Balaban J connectivity index is 0.000000386. The van der Waals surface area contributed by atoms with E-state index in [1.807, 2.05) is 18.2 Å². The predicted octanol–water partition coefficient (Wildman–Crippen LogP) is 3.69. The van der Waals surface area contributed by atoms with E-state index >= 15 is 0 Å². The molecule has 16 heavy (non-hydrogen) atoms. The van der Waals surface area contributed by atoms with Gasteiger partial charge in [0.25, 0.3) is 0 Å². The highest BCUT2D eigenvalue weighted by atomic mass is 16.4. The van der Waals surface area contributed by atoms with Crippen LogP contribution in [0.15, 0.2) is 34.8 Å². The number of allylic oxidation sites excluding steroid dienone is 6. The normalized spacial score (nSPS) is 13.8. The zero-order valence-electron chi connectivity index (χ0n) is 10.1. The third-order valence-corrected chi connectivity index (χ3v) is 1.75. The number of rotatable bonds is 1. The van der Waals surface area contributed by atoms with Gasteiger partial charge in [0.05, 0.1) is 0 Å². The number of aryl methyl sites for hydroxylation is 1. The first-order chi connectivity index (χ1) is 7.77. The van der Waals surface area contributed by atoms with Gasteiger partial charge in [-0.3, -0.25) is 0 Å². The molecule has 2 rings (SSSR count). The van der Waals surface area contributed by atoms with Gasteiger partial charge in [0.2, 0.25) is 11.8 Å². The Kier molecular flexibility index (Phi) is 5.26. The first-order valence-corrected chi connectivity index (χ1v) is 5.61. The van der Waals surface area contributed by atoms with Gasteiger partial charge in [-0.15, -0.1) is 10.2 Å². The second kappa shape index (κ2) is 6.77. The molecule has 3 nitrogen and oxygen atoms in total. The Labute approximate surface area is 96.6 Å². The minimum Gasteiger partial charge on any atom is -0.421 e. The van der Waals surface area contributed by atoms with E-state index in [2.05, 4.69) is 36.2 Å². The standard InChI is InChI=1S/C10H10N2O.C3H8/c1-8-11-12-10(13-8)9-6-4-2-3-5-7-9;1-3-2/h2,4-7H,3H2,1H3;3H2,1-2H3. The van der Waals surface area contributed by atoms with E-state index in [1.54, 1.807) is 6.92 Å². The maximum atomic E-state index is 5.30. The van der Waals surface area contributed by atoms with Crippen LogP contribution in [0.25, 0.3) is 5.57 Å². The highest BCUT2D eigenvalue weighted by Crippen LogP contribution is 2.16. The summed E-state index contributed by atoms with van der Waals surface area (Å²) < 4.78 is 5.30. The molecule has 0 radical (unpaired) electrons. The van der Waals surface area contributed by atoms with Crippen LogP contribution >= 0.6 is 0 Å². The molecule has 0 unspecified atom stereocenters. The largest absolute Gasteiger partial charge is 0.421 e. The number of hydrogen-bond donors (Lipinski definition) is 0. The van der Waals surface area contributed by atoms with Gasteiger partial charge in [0, 0.05) is 12.5 Å². The van der Waals surface area contributed by atoms with Gasteiger partial charge >= 0.3 is 0 Å². The number of hydrogen-bond acceptors (Lipinski definition) is 3. The summed E-state index contributed by atoms with van der Waals surface area (Å²) in [7, 11) is 0. The van der Waals surface area contributed by atoms with Gasteiger partial charge in [0.1, 0.15) is 0 Å². The third kappa shape index (κ3) is 3.85. The monoisotopic (exact) mass is 218 g/mol. The predicted molar refractivity (Wildman–Crippen MR) is 65.9 cm³/mol. The fraction of sp³-hybridized carbons (Fsp3) is 0.385. The van der Waals surface area contributed by atoms with Crippen molar-refractivity contribution in [2.45, 2.75) is 33.6 Å². The van der Waals surface area contributed by atoms with E-state index in [1.165, 1.54) is 6.42 Å². The summed E-state index contributed by atoms with van der Waals surface area (Å²) in [6.07, 6.45) is 12.3. The van der Waals surface area contributed by atoms with Crippen LogP contribution < -0.4 is 0 Å².